The van der Waals surface area contributed by atoms with Crippen molar-refractivity contribution in [2.24, 2.45) is 5.73 Å². The molecule has 1 aromatic heterocycles. The number of nitrogens with two attached hydrogens (primary N) is 1. The molecule has 0 radical (unpaired) electrons. The molecule has 0 aliphatic heterocycles. The predicted molar refractivity (Wildman–Crippen MR) is 77.5 cm³/mol. The molecule has 1 aliphatic carbocycles. The van der Waals surface area contributed by atoms with E-state index in [2.05, 4.69) is 41.3 Å². The van der Waals surface area contributed by atoms with Crippen molar-refractivity contribution < 1.29 is 4.52 Å². The molecule has 0 atom stereocenters. The summed E-state index contributed by atoms with van der Waals surface area (Å²) in [5.41, 5.74) is 8.35. The summed E-state index contributed by atoms with van der Waals surface area (Å²) in [4.78, 5) is 4.60. The van der Waals surface area contributed by atoms with Gasteiger partial charge < -0.3 is 10.3 Å². The van der Waals surface area contributed by atoms with Gasteiger partial charge in [-0.1, -0.05) is 47.8 Å². The van der Waals surface area contributed by atoms with Crippen molar-refractivity contribution in [1.82, 2.24) is 10.1 Å². The van der Waals surface area contributed by atoms with Gasteiger partial charge in [-0.15, -0.1) is 0 Å². The topological polar surface area (TPSA) is 64.9 Å². The molecule has 1 aromatic carbocycles. The molecule has 20 heavy (non-hydrogen) atoms. The Morgan fingerprint density at radius 3 is 2.55 bits per heavy atom. The van der Waals surface area contributed by atoms with E-state index in [4.69, 9.17) is 10.3 Å². The predicted octanol–water partition coefficient (Wildman–Crippen LogP) is 2.74. The zero-order chi connectivity index (χ0) is 14.0. The number of hydrogen-bond acceptors (Lipinski definition) is 4. The van der Waals surface area contributed by atoms with Crippen LogP contribution in [-0.4, -0.2) is 16.7 Å². The SMILES string of the molecule is Cc1ccc(Cc2noc(C3(CN)CCCC3)n2)cc1. The molecule has 3 rings (SSSR count). The van der Waals surface area contributed by atoms with Gasteiger partial charge in [-0.05, 0) is 25.3 Å². The first-order valence-corrected chi connectivity index (χ1v) is 7.30. The molecule has 1 saturated carbocycles. The minimum atomic E-state index is -0.0709. The molecule has 2 N–H and O–H groups in total. The van der Waals surface area contributed by atoms with Gasteiger partial charge in [0.05, 0.1) is 5.41 Å². The molecule has 0 amide bonds. The van der Waals surface area contributed by atoms with Crippen LogP contribution in [0.15, 0.2) is 28.8 Å². The maximum absolute atomic E-state index is 5.95. The van der Waals surface area contributed by atoms with Crippen molar-refractivity contribution in [1.29, 1.82) is 0 Å². The second-order valence-electron chi connectivity index (χ2n) is 5.87. The fraction of sp³-hybridized carbons (Fsp3) is 0.500. The number of benzene rings is 1. The Morgan fingerprint density at radius 2 is 1.90 bits per heavy atom. The van der Waals surface area contributed by atoms with Gasteiger partial charge in [0.1, 0.15) is 0 Å². The van der Waals surface area contributed by atoms with Gasteiger partial charge in [-0.2, -0.15) is 4.98 Å². The third-order valence-corrected chi connectivity index (χ3v) is 4.36. The molecule has 106 valence electrons. The van der Waals surface area contributed by atoms with Crippen LogP contribution < -0.4 is 5.73 Å². The molecular weight excluding hydrogens is 250 g/mol. The normalized spacial score (nSPS) is 17.5. The molecule has 1 aliphatic rings. The quantitative estimate of drug-likeness (QED) is 0.928. The third-order valence-electron chi connectivity index (χ3n) is 4.36. The minimum Gasteiger partial charge on any atom is -0.339 e. The number of aromatic nitrogens is 2. The Kier molecular flexibility index (Phi) is 3.57. The highest BCUT2D eigenvalue weighted by Gasteiger charge is 2.39. The average Bonchev–Trinajstić information content (AvgIpc) is 3.11. The Balaban J connectivity index is 1.78. The summed E-state index contributed by atoms with van der Waals surface area (Å²) < 4.78 is 5.50. The molecular formula is C16H21N3O. The van der Waals surface area contributed by atoms with Crippen molar-refractivity contribution in [3.63, 3.8) is 0 Å². The first-order valence-electron chi connectivity index (χ1n) is 7.30. The Morgan fingerprint density at radius 1 is 1.20 bits per heavy atom. The number of aryl methyl sites for hydroxylation is 1. The van der Waals surface area contributed by atoms with Gasteiger partial charge in [0.2, 0.25) is 5.89 Å². The molecule has 1 fully saturated rings. The van der Waals surface area contributed by atoms with Crippen LogP contribution in [0.25, 0.3) is 0 Å². The zero-order valence-corrected chi connectivity index (χ0v) is 11.9. The molecule has 4 heteroatoms. The lowest BCUT2D eigenvalue weighted by Crippen LogP contribution is -2.32. The van der Waals surface area contributed by atoms with E-state index in [0.717, 1.165) is 24.6 Å². The fourth-order valence-corrected chi connectivity index (χ4v) is 2.99. The largest absolute Gasteiger partial charge is 0.339 e. The summed E-state index contributed by atoms with van der Waals surface area (Å²) in [6.07, 6.45) is 5.25. The maximum Gasteiger partial charge on any atom is 0.234 e. The van der Waals surface area contributed by atoms with Crippen molar-refractivity contribution >= 4 is 0 Å². The second-order valence-corrected chi connectivity index (χ2v) is 5.87. The summed E-state index contributed by atoms with van der Waals surface area (Å²) in [6, 6.07) is 8.43. The standard InChI is InChI=1S/C16H21N3O/c1-12-4-6-13(7-5-12)10-14-18-15(20-19-14)16(11-17)8-2-3-9-16/h4-7H,2-3,8-11,17H2,1H3. The Bertz CT molecular complexity index is 568. The summed E-state index contributed by atoms with van der Waals surface area (Å²) >= 11 is 0. The zero-order valence-electron chi connectivity index (χ0n) is 11.9. The van der Waals surface area contributed by atoms with Gasteiger partial charge in [-0.3, -0.25) is 0 Å². The van der Waals surface area contributed by atoms with Crippen LogP contribution in [0.5, 0.6) is 0 Å². The van der Waals surface area contributed by atoms with Crippen LogP contribution in [0.2, 0.25) is 0 Å². The lowest BCUT2D eigenvalue weighted by atomic mass is 9.86. The molecule has 0 spiro atoms. The van der Waals surface area contributed by atoms with Gasteiger partial charge in [0.15, 0.2) is 5.82 Å². The molecule has 0 unspecified atom stereocenters. The van der Waals surface area contributed by atoms with Gasteiger partial charge in [0, 0.05) is 13.0 Å². The molecule has 1 heterocycles. The van der Waals surface area contributed by atoms with Crippen LogP contribution in [0.1, 0.15) is 48.5 Å². The molecule has 2 aromatic rings. The Hall–Kier alpha value is -1.68. The van der Waals surface area contributed by atoms with Crippen molar-refractivity contribution in [3.8, 4) is 0 Å². The highest BCUT2D eigenvalue weighted by atomic mass is 16.5. The monoisotopic (exact) mass is 271 g/mol. The average molecular weight is 271 g/mol. The van der Waals surface area contributed by atoms with Crippen LogP contribution in [0.4, 0.5) is 0 Å². The van der Waals surface area contributed by atoms with Crippen molar-refractivity contribution in [3.05, 3.63) is 47.1 Å². The van der Waals surface area contributed by atoms with E-state index in [1.54, 1.807) is 0 Å². The van der Waals surface area contributed by atoms with Crippen molar-refractivity contribution in [2.75, 3.05) is 6.54 Å². The number of hydrogen-bond donors (Lipinski definition) is 1. The second kappa shape index (κ2) is 5.37. The summed E-state index contributed by atoms with van der Waals surface area (Å²) in [6.45, 7) is 2.68. The van der Waals surface area contributed by atoms with E-state index in [0.29, 0.717) is 13.0 Å². The number of nitrogens with zero attached hydrogens (tertiary/aromatic N) is 2. The van der Waals surface area contributed by atoms with Gasteiger partial charge >= 0.3 is 0 Å². The van der Waals surface area contributed by atoms with Crippen LogP contribution >= 0.6 is 0 Å². The highest BCUT2D eigenvalue weighted by Crippen LogP contribution is 2.39. The third kappa shape index (κ3) is 2.48. The van der Waals surface area contributed by atoms with Crippen LogP contribution in [-0.2, 0) is 11.8 Å². The first-order chi connectivity index (χ1) is 9.72. The van der Waals surface area contributed by atoms with E-state index < -0.39 is 0 Å². The van der Waals surface area contributed by atoms with Crippen LogP contribution in [0.3, 0.4) is 0 Å². The minimum absolute atomic E-state index is 0.0709. The lowest BCUT2D eigenvalue weighted by molar-refractivity contribution is 0.283. The fourth-order valence-electron chi connectivity index (χ4n) is 2.99. The van der Waals surface area contributed by atoms with E-state index in [1.165, 1.54) is 24.0 Å². The van der Waals surface area contributed by atoms with E-state index in [9.17, 15) is 0 Å². The number of rotatable bonds is 4. The lowest BCUT2D eigenvalue weighted by Gasteiger charge is -2.21. The summed E-state index contributed by atoms with van der Waals surface area (Å²) in [5, 5.41) is 4.13. The Labute approximate surface area is 119 Å². The molecule has 4 nitrogen and oxygen atoms in total. The van der Waals surface area contributed by atoms with Gasteiger partial charge in [0.25, 0.3) is 0 Å². The van der Waals surface area contributed by atoms with E-state index >= 15 is 0 Å². The highest BCUT2D eigenvalue weighted by molar-refractivity contribution is 5.24. The van der Waals surface area contributed by atoms with Gasteiger partial charge in [-0.25, -0.2) is 0 Å². The first kappa shape index (κ1) is 13.3. The maximum atomic E-state index is 5.95. The van der Waals surface area contributed by atoms with Crippen LogP contribution in [0, 0.1) is 6.92 Å². The van der Waals surface area contributed by atoms with E-state index in [-0.39, 0.29) is 5.41 Å². The molecule has 0 saturated heterocycles. The smallest absolute Gasteiger partial charge is 0.234 e. The van der Waals surface area contributed by atoms with Crippen molar-refractivity contribution in [2.45, 2.75) is 44.4 Å². The molecule has 0 bridgehead atoms. The van der Waals surface area contributed by atoms with E-state index in [1.807, 2.05) is 0 Å². The summed E-state index contributed by atoms with van der Waals surface area (Å²) in [7, 11) is 0. The summed E-state index contributed by atoms with van der Waals surface area (Å²) in [5.74, 6) is 1.49.